The first-order valence-electron chi connectivity index (χ1n) is 33.2. The maximum Gasteiger partial charge on any atom is 0.472 e. The second-order valence-corrected chi connectivity index (χ2v) is 27.7. The maximum absolute atomic E-state index is 13.0. The average Bonchev–Trinajstić information content (AvgIpc) is 3.43. The molecule has 0 aromatic rings. The van der Waals surface area contributed by atoms with Gasteiger partial charge in [0.25, 0.3) is 0 Å². The Bertz CT molecular complexity index is 1660. The third-order valence-electron chi connectivity index (χ3n) is 14.9. The first-order chi connectivity index (χ1) is 39.6. The topological polar surface area (TPSA) is 237 Å². The highest BCUT2D eigenvalue weighted by atomic mass is 31.2. The van der Waals surface area contributed by atoms with E-state index in [1.807, 2.05) is 0 Å². The second-order valence-electron chi connectivity index (χ2n) is 24.8. The van der Waals surface area contributed by atoms with Gasteiger partial charge in [0.05, 0.1) is 26.4 Å². The third kappa shape index (κ3) is 57.6. The van der Waals surface area contributed by atoms with Crippen molar-refractivity contribution in [1.82, 2.24) is 0 Å². The highest BCUT2D eigenvalue weighted by Gasteiger charge is 2.30. The van der Waals surface area contributed by atoms with Gasteiger partial charge in [-0.15, -0.1) is 0 Å². The van der Waals surface area contributed by atoms with Crippen LogP contribution in [0.2, 0.25) is 0 Å². The van der Waals surface area contributed by atoms with E-state index in [-0.39, 0.29) is 25.7 Å². The van der Waals surface area contributed by atoms with Gasteiger partial charge >= 0.3 is 39.5 Å². The quantitative estimate of drug-likeness (QED) is 0.0222. The molecule has 0 amide bonds. The molecule has 17 nitrogen and oxygen atoms in total. The highest BCUT2D eigenvalue weighted by molar-refractivity contribution is 7.47. The van der Waals surface area contributed by atoms with Crippen LogP contribution in [0.4, 0.5) is 0 Å². The van der Waals surface area contributed by atoms with Gasteiger partial charge in [0.1, 0.15) is 19.3 Å². The summed E-state index contributed by atoms with van der Waals surface area (Å²) < 4.78 is 68.0. The van der Waals surface area contributed by atoms with Crippen molar-refractivity contribution in [2.24, 2.45) is 23.7 Å². The van der Waals surface area contributed by atoms with E-state index in [9.17, 15) is 43.2 Å². The number of ether oxygens (including phenoxy) is 4. The minimum Gasteiger partial charge on any atom is -0.462 e. The predicted octanol–water partition coefficient (Wildman–Crippen LogP) is 17.4. The lowest BCUT2D eigenvalue weighted by Gasteiger charge is -2.21. The molecule has 0 spiro atoms. The molecule has 492 valence electrons. The number of rotatable bonds is 61. The third-order valence-corrected chi connectivity index (χ3v) is 16.8. The summed E-state index contributed by atoms with van der Waals surface area (Å²) in [5, 5.41) is 10.5. The predicted molar refractivity (Wildman–Crippen MR) is 331 cm³/mol. The summed E-state index contributed by atoms with van der Waals surface area (Å²) in [5.74, 6) is 0.736. The summed E-state index contributed by atoms with van der Waals surface area (Å²) in [6.45, 7) is 13.9. The van der Waals surface area contributed by atoms with Crippen LogP contribution >= 0.6 is 15.6 Å². The Kier molecular flexibility index (Phi) is 53.0. The normalized spacial score (nSPS) is 14.8. The van der Waals surface area contributed by atoms with Crippen molar-refractivity contribution in [2.45, 2.75) is 324 Å². The number of esters is 4. The molecule has 83 heavy (non-hydrogen) atoms. The number of hydrogen-bond donors (Lipinski definition) is 3. The van der Waals surface area contributed by atoms with Crippen LogP contribution in [0.1, 0.15) is 306 Å². The van der Waals surface area contributed by atoms with Gasteiger partial charge < -0.3 is 33.8 Å². The fourth-order valence-corrected chi connectivity index (χ4v) is 11.0. The first kappa shape index (κ1) is 81.1. The Morgan fingerprint density at radius 1 is 0.337 bits per heavy atom. The van der Waals surface area contributed by atoms with Crippen LogP contribution in [0.25, 0.3) is 0 Å². The Morgan fingerprint density at radius 3 is 0.855 bits per heavy atom. The molecular weight excluding hydrogens is 1100 g/mol. The Labute approximate surface area is 505 Å². The molecule has 6 atom stereocenters. The Balaban J connectivity index is 5.24. The van der Waals surface area contributed by atoms with Gasteiger partial charge in [-0.2, -0.15) is 0 Å². The van der Waals surface area contributed by atoms with E-state index in [4.69, 9.17) is 37.0 Å². The maximum atomic E-state index is 13.0. The van der Waals surface area contributed by atoms with Crippen LogP contribution in [0, 0.1) is 23.7 Å². The van der Waals surface area contributed by atoms with Crippen molar-refractivity contribution >= 4 is 39.5 Å². The molecule has 0 aromatic heterocycles. The minimum atomic E-state index is -4.95. The Morgan fingerprint density at radius 2 is 0.578 bits per heavy atom. The standard InChI is InChI=1S/C64H124O17P2/c1-9-57(8)43-35-27-22-23-31-39-47-64(69)81-60(51-75-62(67)45-37-29-20-14-17-25-33-41-55(4)5)53-79-83(72,73)77-49-58(65)48-76-82(70,71)78-52-59(80-63(68)46-38-30-21-15-18-26-34-42-56(6)7)50-74-61(66)44-36-28-19-13-11-10-12-16-24-32-40-54(2)3/h54-60,65H,9-53H2,1-8H3,(H,70,71)(H,72,73)/t57?,58?,59-,60-/m1/s1. The molecule has 0 heterocycles. The molecule has 0 aliphatic rings. The van der Waals surface area contributed by atoms with E-state index in [1.165, 1.54) is 103 Å². The molecule has 4 unspecified atom stereocenters. The summed E-state index contributed by atoms with van der Waals surface area (Å²) in [6.07, 6.45) is 33.7. The van der Waals surface area contributed by atoms with E-state index in [0.717, 1.165) is 108 Å². The molecule has 0 bridgehead atoms. The minimum absolute atomic E-state index is 0.101. The number of phosphoric acid groups is 2. The summed E-state index contributed by atoms with van der Waals surface area (Å²) in [7, 11) is -9.89. The van der Waals surface area contributed by atoms with Gasteiger partial charge in [0, 0.05) is 25.7 Å². The molecule has 0 aliphatic heterocycles. The van der Waals surface area contributed by atoms with Gasteiger partial charge in [-0.1, -0.05) is 254 Å². The van der Waals surface area contributed by atoms with Crippen LogP contribution in [0.15, 0.2) is 0 Å². The zero-order valence-corrected chi connectivity index (χ0v) is 55.6. The second kappa shape index (κ2) is 54.2. The number of aliphatic hydroxyl groups is 1. The SMILES string of the molecule is CCC(C)CCCCCCCCC(=O)O[C@H](COC(=O)CCCCCCCCCC(C)C)COP(=O)(O)OCC(O)COP(=O)(O)OC[C@@H](COC(=O)CCCCCCCCCCCCC(C)C)OC(=O)CCCCCCCCCC(C)C. The molecule has 3 N–H and O–H groups in total. The molecule has 0 saturated carbocycles. The molecule has 0 radical (unpaired) electrons. The van der Waals surface area contributed by atoms with Crippen molar-refractivity contribution in [3.05, 3.63) is 0 Å². The lowest BCUT2D eigenvalue weighted by atomic mass is 10.00. The van der Waals surface area contributed by atoms with Crippen LogP contribution < -0.4 is 0 Å². The first-order valence-corrected chi connectivity index (χ1v) is 36.2. The summed E-state index contributed by atoms with van der Waals surface area (Å²) in [4.78, 5) is 72.2. The molecular formula is C64H124O17P2. The van der Waals surface area contributed by atoms with Gasteiger partial charge in [0.2, 0.25) is 0 Å². The monoisotopic (exact) mass is 1230 g/mol. The van der Waals surface area contributed by atoms with Gasteiger partial charge in [-0.3, -0.25) is 37.3 Å². The van der Waals surface area contributed by atoms with E-state index >= 15 is 0 Å². The zero-order valence-electron chi connectivity index (χ0n) is 53.8. The lowest BCUT2D eigenvalue weighted by Crippen LogP contribution is -2.30. The van der Waals surface area contributed by atoms with Crippen LogP contribution in [0.3, 0.4) is 0 Å². The number of phosphoric ester groups is 2. The smallest absolute Gasteiger partial charge is 0.462 e. The summed E-state index contributed by atoms with van der Waals surface area (Å²) in [5.41, 5.74) is 0. The lowest BCUT2D eigenvalue weighted by molar-refractivity contribution is -0.161. The average molecular weight is 1230 g/mol. The van der Waals surface area contributed by atoms with E-state index in [0.29, 0.717) is 37.5 Å². The van der Waals surface area contributed by atoms with Crippen molar-refractivity contribution < 1.29 is 80.2 Å². The van der Waals surface area contributed by atoms with Crippen molar-refractivity contribution in [3.8, 4) is 0 Å². The molecule has 0 fully saturated rings. The fourth-order valence-electron chi connectivity index (χ4n) is 9.40. The molecule has 0 aromatic carbocycles. The Hall–Kier alpha value is -1.94. The highest BCUT2D eigenvalue weighted by Crippen LogP contribution is 2.45. The van der Waals surface area contributed by atoms with Crippen LogP contribution in [0.5, 0.6) is 0 Å². The molecule has 0 saturated heterocycles. The van der Waals surface area contributed by atoms with Crippen molar-refractivity contribution in [2.75, 3.05) is 39.6 Å². The number of carbonyl (C=O) groups excluding carboxylic acids is 4. The van der Waals surface area contributed by atoms with Crippen LogP contribution in [-0.2, 0) is 65.4 Å². The van der Waals surface area contributed by atoms with E-state index < -0.39 is 97.5 Å². The molecule has 0 rings (SSSR count). The number of carbonyl (C=O) groups is 4. The number of hydrogen-bond acceptors (Lipinski definition) is 15. The van der Waals surface area contributed by atoms with Crippen molar-refractivity contribution in [3.63, 3.8) is 0 Å². The van der Waals surface area contributed by atoms with E-state index in [2.05, 4.69) is 55.4 Å². The molecule has 19 heteroatoms. The zero-order chi connectivity index (χ0) is 61.8. The number of aliphatic hydroxyl groups excluding tert-OH is 1. The van der Waals surface area contributed by atoms with Gasteiger partial charge in [0.15, 0.2) is 12.2 Å². The van der Waals surface area contributed by atoms with Crippen LogP contribution in [-0.4, -0.2) is 96.7 Å². The largest absolute Gasteiger partial charge is 0.472 e. The van der Waals surface area contributed by atoms with Gasteiger partial charge in [-0.25, -0.2) is 9.13 Å². The van der Waals surface area contributed by atoms with Crippen molar-refractivity contribution in [1.29, 1.82) is 0 Å². The fraction of sp³-hybridized carbons (Fsp3) is 0.938. The summed E-state index contributed by atoms with van der Waals surface area (Å²) in [6, 6.07) is 0. The number of unbranched alkanes of at least 4 members (excludes halogenated alkanes) is 26. The van der Waals surface area contributed by atoms with E-state index in [1.54, 1.807) is 0 Å². The van der Waals surface area contributed by atoms with Gasteiger partial charge in [-0.05, 0) is 49.4 Å². The molecule has 0 aliphatic carbocycles. The summed E-state index contributed by atoms with van der Waals surface area (Å²) >= 11 is 0.